The fourth-order valence-electron chi connectivity index (χ4n) is 0.808. The predicted molar refractivity (Wildman–Crippen MR) is 92.8 cm³/mol. The summed E-state index contributed by atoms with van der Waals surface area (Å²) in [7, 11) is 0. The van der Waals surface area contributed by atoms with Gasteiger partial charge in [-0.25, -0.2) is 0 Å². The molecule has 0 heterocycles. The quantitative estimate of drug-likeness (QED) is 0.459. The van der Waals surface area contributed by atoms with Crippen LogP contribution in [0.4, 0.5) is 0 Å². The number of hydrogen-bond acceptors (Lipinski definition) is 0. The van der Waals surface area contributed by atoms with Crippen molar-refractivity contribution in [3.05, 3.63) is 0 Å². The molecule has 0 bridgehead atoms. The smallest absolute Gasteiger partial charge is 0.106 e. The van der Waals surface area contributed by atoms with Crippen molar-refractivity contribution in [2.24, 2.45) is 0 Å². The highest BCUT2D eigenvalue weighted by molar-refractivity contribution is 6.82. The number of rotatable bonds is 0. The summed E-state index contributed by atoms with van der Waals surface area (Å²) in [5, 5.41) is 0. The van der Waals surface area contributed by atoms with Crippen molar-refractivity contribution in [2.75, 3.05) is 0 Å². The zero-order valence-corrected chi connectivity index (χ0v) is 12.6. The van der Waals surface area contributed by atoms with E-state index in [4.69, 9.17) is 0 Å². The molecule has 0 aromatic rings. The van der Waals surface area contributed by atoms with Gasteiger partial charge in [0.15, 0.2) is 0 Å². The normalized spacial score (nSPS) is 4.50. The molecule has 0 nitrogen and oxygen atoms in total. The molecule has 0 spiro atoms. The highest BCUT2D eigenvalue weighted by Gasteiger charge is 2.00. The van der Waals surface area contributed by atoms with Gasteiger partial charge in [0, 0.05) is 0 Å². The average Bonchev–Trinajstić information content (AvgIpc) is 2.53. The minimum absolute atomic E-state index is 0.489. The van der Waals surface area contributed by atoms with Crippen molar-refractivity contribution in [3.8, 4) is 106 Å². The average molecular weight is 272 g/mol. The molecule has 0 N–H and O–H groups in total. The van der Waals surface area contributed by atoms with Gasteiger partial charge in [-0.3, -0.25) is 0 Å². The molecule has 0 unspecified atom stereocenters. The van der Waals surface area contributed by atoms with Crippen molar-refractivity contribution in [1.29, 1.82) is 0 Å². The molecule has 0 rings (SSSR count). The maximum absolute atomic E-state index is 2.81. The first kappa shape index (κ1) is 18.1. The van der Waals surface area contributed by atoms with E-state index in [9.17, 15) is 0 Å². The largest absolute Gasteiger partial charge is 0.398 e. The van der Waals surface area contributed by atoms with Gasteiger partial charge in [0.05, 0.1) is 0 Å². The molecular formula is C21H9B. The van der Waals surface area contributed by atoms with E-state index in [1.165, 1.54) is 0 Å². The first-order chi connectivity index (χ1) is 10.8. The molecule has 0 amide bonds. The molecule has 0 aromatic heterocycles. The second-order valence-corrected chi connectivity index (χ2v) is 3.12. The Labute approximate surface area is 134 Å². The van der Waals surface area contributed by atoms with E-state index in [1.54, 1.807) is 20.8 Å². The summed E-state index contributed by atoms with van der Waals surface area (Å²) in [4.78, 5) is 0. The molecule has 0 saturated carbocycles. The van der Waals surface area contributed by atoms with Crippen molar-refractivity contribution in [2.45, 2.75) is 20.8 Å². The SMILES string of the molecule is CC#CC#CC#CB(C#CC#CC#CC)C#CC#CC#CC. The third kappa shape index (κ3) is 12.6. The summed E-state index contributed by atoms with van der Waals surface area (Å²) in [5.41, 5.74) is 0. The van der Waals surface area contributed by atoms with Gasteiger partial charge in [-0.1, -0.05) is 17.8 Å². The van der Waals surface area contributed by atoms with Gasteiger partial charge in [-0.2, -0.15) is 0 Å². The molecule has 22 heavy (non-hydrogen) atoms. The maximum atomic E-state index is 2.81. The monoisotopic (exact) mass is 272 g/mol. The van der Waals surface area contributed by atoms with Gasteiger partial charge < -0.3 is 0 Å². The van der Waals surface area contributed by atoms with Gasteiger partial charge in [0.1, 0.15) is 0 Å². The zero-order chi connectivity index (χ0) is 16.3. The molecular weight excluding hydrogens is 263 g/mol. The first-order valence-corrected chi connectivity index (χ1v) is 6.12. The van der Waals surface area contributed by atoms with E-state index in [0.29, 0.717) is 0 Å². The Morgan fingerprint density at radius 3 is 0.909 bits per heavy atom. The van der Waals surface area contributed by atoms with Crippen LogP contribution in [-0.2, 0) is 0 Å². The topological polar surface area (TPSA) is 0 Å². The third-order valence-corrected chi connectivity index (χ3v) is 1.59. The molecule has 0 aromatic carbocycles. The minimum Gasteiger partial charge on any atom is -0.106 e. The highest BCUT2D eigenvalue weighted by atomic mass is 13.6. The fourth-order valence-corrected chi connectivity index (χ4v) is 0.808. The third-order valence-electron chi connectivity index (χ3n) is 1.59. The summed E-state index contributed by atoms with van der Waals surface area (Å²) in [6.45, 7) is 4.63. The lowest BCUT2D eigenvalue weighted by Gasteiger charge is -1.79. The first-order valence-electron chi connectivity index (χ1n) is 6.12. The van der Waals surface area contributed by atoms with Crippen molar-refractivity contribution in [1.82, 2.24) is 0 Å². The van der Waals surface area contributed by atoms with E-state index in [1.807, 2.05) is 0 Å². The Kier molecular flexibility index (Phi) is 12.5. The number of hydrogen-bond donors (Lipinski definition) is 0. The highest BCUT2D eigenvalue weighted by Crippen LogP contribution is 1.75. The van der Waals surface area contributed by atoms with Crippen LogP contribution in [0.1, 0.15) is 20.8 Å². The zero-order valence-electron chi connectivity index (χ0n) is 12.6. The predicted octanol–water partition coefficient (Wildman–Crippen LogP) is 1.19. The van der Waals surface area contributed by atoms with Gasteiger partial charge in [-0.05, 0) is 91.8 Å². The Morgan fingerprint density at radius 1 is 0.364 bits per heavy atom. The van der Waals surface area contributed by atoms with Crippen molar-refractivity contribution in [3.63, 3.8) is 0 Å². The van der Waals surface area contributed by atoms with E-state index in [-0.39, 0.29) is 0 Å². The van der Waals surface area contributed by atoms with Gasteiger partial charge in [0.25, 0.3) is 0 Å². The van der Waals surface area contributed by atoms with Gasteiger partial charge in [0.2, 0.25) is 0 Å². The van der Waals surface area contributed by atoms with Crippen LogP contribution in [0, 0.1) is 106 Å². The summed E-state index contributed by atoms with van der Waals surface area (Å²) >= 11 is 0. The molecule has 0 aliphatic rings. The van der Waals surface area contributed by atoms with Crippen LogP contribution in [0.2, 0.25) is 0 Å². The van der Waals surface area contributed by atoms with Crippen LogP contribution in [0.5, 0.6) is 0 Å². The molecule has 0 radical (unpaired) electrons. The summed E-state index contributed by atoms with van der Waals surface area (Å²) in [6, 6.07) is 0. The lowest BCUT2D eigenvalue weighted by molar-refractivity contribution is 1.92. The van der Waals surface area contributed by atoms with E-state index in [2.05, 4.69) is 106 Å². The molecule has 1 heteroatoms. The Morgan fingerprint density at radius 2 is 0.636 bits per heavy atom. The van der Waals surface area contributed by atoms with Gasteiger partial charge >= 0.3 is 6.71 Å². The van der Waals surface area contributed by atoms with Crippen molar-refractivity contribution >= 4 is 6.71 Å². The molecule has 0 fully saturated rings. The molecule has 96 valence electrons. The van der Waals surface area contributed by atoms with Crippen LogP contribution in [0.15, 0.2) is 0 Å². The summed E-state index contributed by atoms with van der Waals surface area (Å²) in [6.07, 6.45) is 0. The van der Waals surface area contributed by atoms with E-state index >= 15 is 0 Å². The summed E-state index contributed by atoms with van der Waals surface area (Å²) < 4.78 is 0. The van der Waals surface area contributed by atoms with Gasteiger partial charge in [-0.15, -0.1) is 17.5 Å². The Bertz CT molecular complexity index is 818. The molecule has 0 atom stereocenters. The standard InChI is InChI=1S/C21H9B/c1-4-7-10-13-16-19-22(20-17-14-11-8-5-2)21-18-15-12-9-6-3/h1-3H3. The van der Waals surface area contributed by atoms with Crippen LogP contribution in [0.25, 0.3) is 0 Å². The lowest BCUT2D eigenvalue weighted by Crippen LogP contribution is -2.03. The second-order valence-electron chi connectivity index (χ2n) is 3.12. The molecule has 0 aliphatic heterocycles. The second kappa shape index (κ2) is 15.2. The van der Waals surface area contributed by atoms with Crippen LogP contribution in [-0.4, -0.2) is 6.71 Å². The Hall–Kier alpha value is -3.90. The Balaban J connectivity index is 5.22. The molecule has 0 aliphatic carbocycles. The maximum Gasteiger partial charge on any atom is 0.398 e. The van der Waals surface area contributed by atoms with Crippen LogP contribution < -0.4 is 0 Å². The van der Waals surface area contributed by atoms with Crippen molar-refractivity contribution < 1.29 is 0 Å². The van der Waals surface area contributed by atoms with Crippen LogP contribution in [0.3, 0.4) is 0 Å². The van der Waals surface area contributed by atoms with E-state index in [0.717, 1.165) is 0 Å². The fraction of sp³-hybridized carbons (Fsp3) is 0.143. The van der Waals surface area contributed by atoms with E-state index < -0.39 is 6.71 Å². The van der Waals surface area contributed by atoms with Crippen LogP contribution >= 0.6 is 0 Å². The summed E-state index contributed by atoms with van der Waals surface area (Å²) in [5.74, 6) is 47.7. The lowest BCUT2D eigenvalue weighted by atomic mass is 9.52. The molecule has 0 saturated heterocycles. The minimum atomic E-state index is -0.489.